The summed E-state index contributed by atoms with van der Waals surface area (Å²) in [4.78, 5) is 22.2. The van der Waals surface area contributed by atoms with Crippen LogP contribution in [0.5, 0.6) is 0 Å². The molecule has 0 aliphatic carbocycles. The Hall–Kier alpha value is -2.40. The largest absolute Gasteiger partial charge is 0.326 e. The van der Waals surface area contributed by atoms with Gasteiger partial charge >= 0.3 is 0 Å². The van der Waals surface area contributed by atoms with Crippen LogP contribution in [0.2, 0.25) is 5.02 Å². The fourth-order valence-electron chi connectivity index (χ4n) is 2.02. The quantitative estimate of drug-likeness (QED) is 0.665. The van der Waals surface area contributed by atoms with Gasteiger partial charge in [0.05, 0.1) is 4.92 Å². The van der Waals surface area contributed by atoms with Gasteiger partial charge in [-0.3, -0.25) is 14.9 Å². The molecule has 2 aromatic rings. The first-order valence-corrected chi connectivity index (χ1v) is 7.13. The molecule has 5 nitrogen and oxygen atoms in total. The molecule has 6 heteroatoms. The van der Waals surface area contributed by atoms with Crippen LogP contribution in [0.3, 0.4) is 0 Å². The number of rotatable bonds is 5. The van der Waals surface area contributed by atoms with Gasteiger partial charge in [0.1, 0.15) is 0 Å². The van der Waals surface area contributed by atoms with Crippen molar-refractivity contribution in [1.82, 2.24) is 0 Å². The Bertz CT molecular complexity index is 699. The summed E-state index contributed by atoms with van der Waals surface area (Å²) in [5.41, 5.74) is 2.29. The molecule has 0 radical (unpaired) electrons. The molecule has 114 valence electrons. The van der Waals surface area contributed by atoms with Crippen molar-refractivity contribution < 1.29 is 9.72 Å². The molecule has 0 heterocycles. The number of amides is 1. The highest BCUT2D eigenvalue weighted by molar-refractivity contribution is 6.30. The number of nitrogens with zero attached hydrogens (tertiary/aromatic N) is 1. The highest BCUT2D eigenvalue weighted by atomic mass is 35.5. The van der Waals surface area contributed by atoms with Crippen LogP contribution >= 0.6 is 11.6 Å². The third kappa shape index (κ3) is 4.30. The van der Waals surface area contributed by atoms with Gasteiger partial charge in [-0.25, -0.2) is 0 Å². The number of nitrogens with one attached hydrogen (secondary N) is 1. The molecule has 1 amide bonds. The Morgan fingerprint density at radius 3 is 2.50 bits per heavy atom. The lowest BCUT2D eigenvalue weighted by atomic mass is 10.1. The number of benzene rings is 2. The second-order valence-corrected chi connectivity index (χ2v) is 5.37. The van der Waals surface area contributed by atoms with E-state index >= 15 is 0 Å². The molecule has 2 rings (SSSR count). The van der Waals surface area contributed by atoms with Crippen LogP contribution in [-0.4, -0.2) is 10.8 Å². The normalized spacial score (nSPS) is 10.3. The van der Waals surface area contributed by atoms with Gasteiger partial charge in [0.2, 0.25) is 5.91 Å². The Kier molecular flexibility index (Phi) is 5.12. The second kappa shape index (κ2) is 7.04. The minimum Gasteiger partial charge on any atom is -0.326 e. The smallest absolute Gasteiger partial charge is 0.269 e. The number of hydrogen-bond donors (Lipinski definition) is 1. The molecular formula is C16H15ClN2O3. The van der Waals surface area contributed by atoms with Crippen molar-refractivity contribution in [3.8, 4) is 0 Å². The zero-order chi connectivity index (χ0) is 16.1. The predicted octanol–water partition coefficient (Wildman–Crippen LogP) is 4.13. The Balaban J connectivity index is 1.94. The molecule has 0 atom stereocenters. The number of halogens is 1. The summed E-state index contributed by atoms with van der Waals surface area (Å²) in [6, 6.07) is 11.7. The van der Waals surface area contributed by atoms with E-state index in [0.29, 0.717) is 29.1 Å². The lowest BCUT2D eigenvalue weighted by Crippen LogP contribution is -2.13. The Morgan fingerprint density at radius 1 is 1.23 bits per heavy atom. The van der Waals surface area contributed by atoms with Crippen LogP contribution in [0, 0.1) is 17.0 Å². The standard InChI is InChI=1S/C16H15ClN2O3/c1-11-10-14(19(21)22)7-8-15(11)18-16(20)9-4-12-2-5-13(17)6-3-12/h2-3,5-8,10H,4,9H2,1H3,(H,18,20). The summed E-state index contributed by atoms with van der Waals surface area (Å²) in [5.74, 6) is -0.132. The van der Waals surface area contributed by atoms with Gasteiger partial charge in [0, 0.05) is 29.3 Å². The minimum absolute atomic E-state index is 0.0108. The molecule has 0 spiro atoms. The van der Waals surface area contributed by atoms with Crippen LogP contribution in [0.25, 0.3) is 0 Å². The zero-order valence-corrected chi connectivity index (χ0v) is 12.8. The van der Waals surface area contributed by atoms with Crippen molar-refractivity contribution in [3.05, 3.63) is 68.7 Å². The SMILES string of the molecule is Cc1cc([N+](=O)[O-])ccc1NC(=O)CCc1ccc(Cl)cc1. The molecule has 0 unspecified atom stereocenters. The van der Waals surface area contributed by atoms with Crippen LogP contribution in [0.4, 0.5) is 11.4 Å². The van der Waals surface area contributed by atoms with Crippen molar-refractivity contribution in [2.24, 2.45) is 0 Å². The number of carbonyl (C=O) groups excluding carboxylic acids is 1. The van der Waals surface area contributed by atoms with Gasteiger partial charge < -0.3 is 5.32 Å². The van der Waals surface area contributed by atoms with Gasteiger partial charge in [-0.2, -0.15) is 0 Å². The minimum atomic E-state index is -0.459. The highest BCUT2D eigenvalue weighted by Gasteiger charge is 2.10. The van der Waals surface area contributed by atoms with Crippen molar-refractivity contribution in [2.75, 3.05) is 5.32 Å². The van der Waals surface area contributed by atoms with Crippen molar-refractivity contribution in [3.63, 3.8) is 0 Å². The fourth-order valence-corrected chi connectivity index (χ4v) is 2.15. The van der Waals surface area contributed by atoms with E-state index in [1.165, 1.54) is 12.1 Å². The van der Waals surface area contributed by atoms with Crippen molar-refractivity contribution in [1.29, 1.82) is 0 Å². The first-order chi connectivity index (χ1) is 10.5. The van der Waals surface area contributed by atoms with Gasteiger partial charge in [0.15, 0.2) is 0 Å². The van der Waals surface area contributed by atoms with Crippen molar-refractivity contribution in [2.45, 2.75) is 19.8 Å². The van der Waals surface area contributed by atoms with E-state index in [2.05, 4.69) is 5.32 Å². The molecule has 2 aromatic carbocycles. The summed E-state index contributed by atoms with van der Waals surface area (Å²) in [7, 11) is 0. The molecule has 1 N–H and O–H groups in total. The Labute approximate surface area is 133 Å². The number of anilines is 1. The van der Waals surface area contributed by atoms with E-state index in [-0.39, 0.29) is 11.6 Å². The zero-order valence-electron chi connectivity index (χ0n) is 12.0. The maximum Gasteiger partial charge on any atom is 0.269 e. The molecule has 0 aliphatic heterocycles. The average Bonchev–Trinajstić information content (AvgIpc) is 2.48. The number of carbonyl (C=O) groups is 1. The summed E-state index contributed by atoms with van der Waals surface area (Å²) >= 11 is 5.81. The maximum atomic E-state index is 12.0. The predicted molar refractivity (Wildman–Crippen MR) is 86.2 cm³/mol. The molecule has 22 heavy (non-hydrogen) atoms. The number of nitro groups is 1. The topological polar surface area (TPSA) is 72.2 Å². The number of aryl methyl sites for hydroxylation is 2. The van der Waals surface area contributed by atoms with E-state index in [0.717, 1.165) is 5.56 Å². The van der Waals surface area contributed by atoms with Gasteiger partial charge in [0.25, 0.3) is 5.69 Å². The van der Waals surface area contributed by atoms with Gasteiger partial charge in [-0.15, -0.1) is 0 Å². The number of nitro benzene ring substituents is 1. The summed E-state index contributed by atoms with van der Waals surface area (Å²) in [6.45, 7) is 1.72. The van der Waals surface area contributed by atoms with E-state index in [1.54, 1.807) is 25.1 Å². The van der Waals surface area contributed by atoms with E-state index < -0.39 is 4.92 Å². The monoisotopic (exact) mass is 318 g/mol. The molecular weight excluding hydrogens is 304 g/mol. The molecule has 0 aromatic heterocycles. The summed E-state index contributed by atoms with van der Waals surface area (Å²) in [5, 5.41) is 14.1. The molecule has 0 saturated heterocycles. The van der Waals surface area contributed by atoms with Gasteiger partial charge in [-0.05, 0) is 42.7 Å². The lowest BCUT2D eigenvalue weighted by molar-refractivity contribution is -0.384. The van der Waals surface area contributed by atoms with Crippen molar-refractivity contribution >= 4 is 28.9 Å². The summed E-state index contributed by atoms with van der Waals surface area (Å²) < 4.78 is 0. The summed E-state index contributed by atoms with van der Waals surface area (Å²) in [6.07, 6.45) is 0.938. The molecule has 0 bridgehead atoms. The highest BCUT2D eigenvalue weighted by Crippen LogP contribution is 2.21. The van der Waals surface area contributed by atoms with Crippen LogP contribution in [0.1, 0.15) is 17.5 Å². The first kappa shape index (κ1) is 16.0. The number of hydrogen-bond acceptors (Lipinski definition) is 3. The van der Waals surface area contributed by atoms with E-state index in [4.69, 9.17) is 11.6 Å². The molecule has 0 fully saturated rings. The van der Waals surface area contributed by atoms with E-state index in [9.17, 15) is 14.9 Å². The third-order valence-corrected chi connectivity index (χ3v) is 3.50. The molecule has 0 saturated carbocycles. The number of non-ortho nitro benzene ring substituents is 1. The molecule has 0 aliphatic rings. The average molecular weight is 319 g/mol. The van der Waals surface area contributed by atoms with E-state index in [1.807, 2.05) is 12.1 Å². The van der Waals surface area contributed by atoms with Crippen LogP contribution < -0.4 is 5.32 Å². The van der Waals surface area contributed by atoms with Crippen LogP contribution in [-0.2, 0) is 11.2 Å². The first-order valence-electron chi connectivity index (χ1n) is 6.75. The maximum absolute atomic E-state index is 12.0. The third-order valence-electron chi connectivity index (χ3n) is 3.25. The van der Waals surface area contributed by atoms with Crippen LogP contribution in [0.15, 0.2) is 42.5 Å². The van der Waals surface area contributed by atoms with Gasteiger partial charge in [-0.1, -0.05) is 23.7 Å². The fraction of sp³-hybridized carbons (Fsp3) is 0.188. The lowest BCUT2D eigenvalue weighted by Gasteiger charge is -2.08. The Morgan fingerprint density at radius 2 is 1.91 bits per heavy atom. The second-order valence-electron chi connectivity index (χ2n) is 4.93.